The Morgan fingerprint density at radius 2 is 0.981 bits per heavy atom. The molecule has 0 radical (unpaired) electrons. The van der Waals surface area contributed by atoms with Gasteiger partial charge in [-0.1, -0.05) is 166 Å². The van der Waals surface area contributed by atoms with Crippen LogP contribution in [0.3, 0.4) is 0 Å². The summed E-state index contributed by atoms with van der Waals surface area (Å²) < 4.78 is 2.33. The molecule has 10 rings (SSSR count). The van der Waals surface area contributed by atoms with Gasteiger partial charge in [0.05, 0.1) is 11.0 Å². The van der Waals surface area contributed by atoms with Crippen LogP contribution < -0.4 is 0 Å². The van der Waals surface area contributed by atoms with Gasteiger partial charge in [0.1, 0.15) is 5.82 Å². The zero-order chi connectivity index (χ0) is 35.7. The molecule has 0 amide bonds. The lowest BCUT2D eigenvalue weighted by Gasteiger charge is -2.21. The van der Waals surface area contributed by atoms with Gasteiger partial charge in [-0.05, 0) is 108 Å². The van der Waals surface area contributed by atoms with Crippen LogP contribution in [0.4, 0.5) is 0 Å². The number of imidazole rings is 1. The third-order valence-corrected chi connectivity index (χ3v) is 10.8. The Bertz CT molecular complexity index is 2830. The summed E-state index contributed by atoms with van der Waals surface area (Å²) in [5, 5.41) is 2.62. The van der Waals surface area contributed by atoms with E-state index in [1.54, 1.807) is 0 Å². The molecule has 0 fully saturated rings. The monoisotopic (exact) mass is 678 g/mol. The average Bonchev–Trinajstić information content (AvgIpc) is 3.77. The minimum Gasteiger partial charge on any atom is -0.296 e. The highest BCUT2D eigenvalue weighted by atomic mass is 15.1. The van der Waals surface area contributed by atoms with E-state index in [0.29, 0.717) is 0 Å². The van der Waals surface area contributed by atoms with Crippen molar-refractivity contribution in [2.45, 2.75) is 26.2 Å². The van der Waals surface area contributed by atoms with Gasteiger partial charge in [-0.25, -0.2) is 4.98 Å². The molecule has 0 N–H and O–H groups in total. The highest BCUT2D eigenvalue weighted by Gasteiger charge is 2.30. The molecule has 0 bridgehead atoms. The van der Waals surface area contributed by atoms with Gasteiger partial charge in [0.2, 0.25) is 0 Å². The first-order valence-electron chi connectivity index (χ1n) is 18.5. The van der Waals surface area contributed by atoms with Gasteiger partial charge in [0.15, 0.2) is 0 Å². The van der Waals surface area contributed by atoms with Crippen molar-refractivity contribution in [3.8, 4) is 72.4 Å². The second-order valence-corrected chi connectivity index (χ2v) is 15.2. The lowest BCUT2D eigenvalue weighted by molar-refractivity contribution is 0.539. The number of fused-ring (bicyclic) bond motifs is 4. The topological polar surface area (TPSA) is 17.8 Å². The van der Waals surface area contributed by atoms with Gasteiger partial charge in [0, 0.05) is 11.1 Å². The predicted octanol–water partition coefficient (Wildman–Crippen LogP) is 13.8. The van der Waals surface area contributed by atoms with E-state index in [-0.39, 0.29) is 5.41 Å². The molecule has 2 nitrogen and oxygen atoms in total. The van der Waals surface area contributed by atoms with Crippen LogP contribution in [0.15, 0.2) is 176 Å². The van der Waals surface area contributed by atoms with E-state index in [1.165, 1.54) is 77.5 Å². The first-order valence-corrected chi connectivity index (χ1v) is 18.5. The summed E-state index contributed by atoms with van der Waals surface area (Å²) >= 11 is 0. The standard InChI is InChI=1S/C51H38N2/c1-51(2,3)50-52-44-25-10-11-26-45(44)53(50)39-22-12-21-38(31-39)33-27-29-35(30-28-33)42-32-43(34-15-6-4-7-16-34)48-40-23-13-19-36-20-14-24-41(46(36)40)49(48)47(42)37-17-8-5-9-18-37/h4-32H,1-3H3. The molecule has 8 aromatic carbocycles. The molecular weight excluding hydrogens is 641 g/mol. The molecular formula is C51H38N2. The number of hydrogen-bond donors (Lipinski definition) is 0. The Morgan fingerprint density at radius 3 is 1.70 bits per heavy atom. The van der Waals surface area contributed by atoms with Gasteiger partial charge >= 0.3 is 0 Å². The molecule has 1 heterocycles. The third-order valence-electron chi connectivity index (χ3n) is 10.8. The summed E-state index contributed by atoms with van der Waals surface area (Å²) in [6.07, 6.45) is 0. The van der Waals surface area contributed by atoms with E-state index in [2.05, 4.69) is 201 Å². The number of nitrogens with zero attached hydrogens (tertiary/aromatic N) is 2. The molecule has 0 saturated heterocycles. The maximum Gasteiger partial charge on any atom is 0.119 e. The van der Waals surface area contributed by atoms with Gasteiger partial charge in [-0.2, -0.15) is 0 Å². The summed E-state index contributed by atoms with van der Waals surface area (Å²) in [6, 6.07) is 64.3. The van der Waals surface area contributed by atoms with Crippen LogP contribution in [0.2, 0.25) is 0 Å². The van der Waals surface area contributed by atoms with E-state index < -0.39 is 0 Å². The highest BCUT2D eigenvalue weighted by molar-refractivity contribution is 6.22. The van der Waals surface area contributed by atoms with Crippen molar-refractivity contribution >= 4 is 21.8 Å². The fourth-order valence-corrected chi connectivity index (χ4v) is 8.42. The Hall–Kier alpha value is -6.51. The average molecular weight is 679 g/mol. The smallest absolute Gasteiger partial charge is 0.119 e. The summed E-state index contributed by atoms with van der Waals surface area (Å²) in [5.41, 5.74) is 18.2. The summed E-state index contributed by atoms with van der Waals surface area (Å²) in [7, 11) is 0. The fraction of sp³-hybridized carbons (Fsp3) is 0.0784. The van der Waals surface area contributed by atoms with Crippen LogP contribution in [0.25, 0.3) is 94.3 Å². The maximum atomic E-state index is 5.08. The van der Waals surface area contributed by atoms with E-state index in [9.17, 15) is 0 Å². The lowest BCUT2D eigenvalue weighted by Crippen LogP contribution is -2.18. The Balaban J connectivity index is 1.16. The SMILES string of the molecule is CC(C)(C)c1nc2ccccc2n1-c1cccc(-c2ccc(-c3cc(-c4ccccc4)c4c(c3-c3ccccc3)-c3cccc5cccc-4c35)cc2)c1. The zero-order valence-corrected chi connectivity index (χ0v) is 30.1. The molecule has 252 valence electrons. The first kappa shape index (κ1) is 31.2. The van der Waals surface area contributed by atoms with Gasteiger partial charge in [0.25, 0.3) is 0 Å². The van der Waals surface area contributed by atoms with Crippen molar-refractivity contribution in [3.05, 3.63) is 182 Å². The van der Waals surface area contributed by atoms with Crippen molar-refractivity contribution in [3.63, 3.8) is 0 Å². The van der Waals surface area contributed by atoms with Crippen molar-refractivity contribution in [1.82, 2.24) is 9.55 Å². The number of rotatable bonds is 5. The van der Waals surface area contributed by atoms with Crippen LogP contribution in [0.5, 0.6) is 0 Å². The van der Waals surface area contributed by atoms with E-state index in [0.717, 1.165) is 22.5 Å². The van der Waals surface area contributed by atoms with Gasteiger partial charge in [-0.3, -0.25) is 4.57 Å². The second kappa shape index (κ2) is 12.0. The van der Waals surface area contributed by atoms with Crippen molar-refractivity contribution in [2.24, 2.45) is 0 Å². The third kappa shape index (κ3) is 5.05. The molecule has 9 aromatic rings. The largest absolute Gasteiger partial charge is 0.296 e. The van der Waals surface area contributed by atoms with E-state index in [4.69, 9.17) is 4.98 Å². The Morgan fingerprint density at radius 1 is 0.415 bits per heavy atom. The van der Waals surface area contributed by atoms with Crippen molar-refractivity contribution < 1.29 is 0 Å². The molecule has 0 saturated carbocycles. The molecule has 0 spiro atoms. The molecule has 0 aliphatic heterocycles. The normalized spacial score (nSPS) is 12.1. The number of para-hydroxylation sites is 2. The Kier molecular flexibility index (Phi) is 7.10. The van der Waals surface area contributed by atoms with E-state index >= 15 is 0 Å². The molecule has 2 heteroatoms. The molecule has 0 atom stereocenters. The molecule has 1 aliphatic rings. The molecule has 1 aliphatic carbocycles. The minimum absolute atomic E-state index is 0.117. The van der Waals surface area contributed by atoms with Gasteiger partial charge < -0.3 is 0 Å². The van der Waals surface area contributed by atoms with Crippen LogP contribution in [-0.4, -0.2) is 9.55 Å². The van der Waals surface area contributed by atoms with Crippen LogP contribution >= 0.6 is 0 Å². The molecule has 0 unspecified atom stereocenters. The van der Waals surface area contributed by atoms with Crippen molar-refractivity contribution in [2.75, 3.05) is 0 Å². The van der Waals surface area contributed by atoms with Crippen LogP contribution in [0.1, 0.15) is 26.6 Å². The summed E-state index contributed by atoms with van der Waals surface area (Å²) in [6.45, 7) is 6.70. The van der Waals surface area contributed by atoms with Crippen LogP contribution in [0, 0.1) is 0 Å². The first-order chi connectivity index (χ1) is 25.9. The quantitative estimate of drug-likeness (QED) is 0.177. The van der Waals surface area contributed by atoms with Crippen molar-refractivity contribution in [1.29, 1.82) is 0 Å². The Labute approximate surface area is 310 Å². The van der Waals surface area contributed by atoms with E-state index in [1.807, 2.05) is 0 Å². The number of aromatic nitrogens is 2. The number of hydrogen-bond acceptors (Lipinski definition) is 1. The van der Waals surface area contributed by atoms with Crippen LogP contribution in [-0.2, 0) is 5.41 Å². The molecule has 53 heavy (non-hydrogen) atoms. The lowest BCUT2D eigenvalue weighted by atomic mass is 9.82. The fourth-order valence-electron chi connectivity index (χ4n) is 8.42. The summed E-state index contributed by atoms with van der Waals surface area (Å²) in [5.74, 6) is 1.06. The van der Waals surface area contributed by atoms with Gasteiger partial charge in [-0.15, -0.1) is 0 Å². The minimum atomic E-state index is -0.117. The molecule has 1 aromatic heterocycles. The summed E-state index contributed by atoms with van der Waals surface area (Å²) in [4.78, 5) is 5.08. The maximum absolute atomic E-state index is 5.08. The second-order valence-electron chi connectivity index (χ2n) is 15.2. The number of benzene rings is 8. The predicted molar refractivity (Wildman–Crippen MR) is 223 cm³/mol. The zero-order valence-electron chi connectivity index (χ0n) is 30.1. The highest BCUT2D eigenvalue weighted by Crippen LogP contribution is 2.57.